The van der Waals surface area contributed by atoms with Crippen LogP contribution in [0.15, 0.2) is 59.3 Å². The van der Waals surface area contributed by atoms with Gasteiger partial charge >= 0.3 is 0 Å². The van der Waals surface area contributed by atoms with Crippen LogP contribution in [-0.4, -0.2) is 15.2 Å². The Morgan fingerprint density at radius 1 is 1.09 bits per heavy atom. The average molecular weight is 311 g/mol. The lowest BCUT2D eigenvalue weighted by molar-refractivity contribution is 0.592. The minimum absolute atomic E-state index is 0.411. The molecule has 108 valence electrons. The summed E-state index contributed by atoms with van der Waals surface area (Å²) in [4.78, 5) is 4.23. The summed E-state index contributed by atoms with van der Waals surface area (Å²) in [5.74, 6) is 0.621. The molecular weight excluding hydrogens is 300 g/mol. The van der Waals surface area contributed by atoms with Crippen molar-refractivity contribution in [3.63, 3.8) is 0 Å². The SMILES string of the molecule is Clc1ccccc1-c1cnc(Nc2ccc3cn[nH]c3c2)o1. The van der Waals surface area contributed by atoms with E-state index in [-0.39, 0.29) is 0 Å². The number of halogens is 1. The lowest BCUT2D eigenvalue weighted by Crippen LogP contribution is -1.89. The fourth-order valence-corrected chi connectivity index (χ4v) is 2.48. The molecule has 0 aliphatic rings. The summed E-state index contributed by atoms with van der Waals surface area (Å²) in [5, 5.41) is 11.7. The molecular formula is C16H11ClN4O. The topological polar surface area (TPSA) is 66.7 Å². The van der Waals surface area contributed by atoms with E-state index >= 15 is 0 Å². The van der Waals surface area contributed by atoms with Gasteiger partial charge in [0.05, 0.1) is 22.9 Å². The summed E-state index contributed by atoms with van der Waals surface area (Å²) in [7, 11) is 0. The van der Waals surface area contributed by atoms with Crippen molar-refractivity contribution in [3.05, 3.63) is 59.9 Å². The number of nitrogens with one attached hydrogen (secondary N) is 2. The number of fused-ring (bicyclic) bond motifs is 1. The molecule has 0 atom stereocenters. The van der Waals surface area contributed by atoms with Gasteiger partial charge < -0.3 is 9.73 Å². The summed E-state index contributed by atoms with van der Waals surface area (Å²) in [6, 6.07) is 13.8. The Balaban J connectivity index is 1.63. The van der Waals surface area contributed by atoms with E-state index in [0.29, 0.717) is 16.8 Å². The van der Waals surface area contributed by atoms with Crippen LogP contribution in [0.25, 0.3) is 22.2 Å². The van der Waals surface area contributed by atoms with Crippen LogP contribution < -0.4 is 5.32 Å². The molecule has 2 aromatic carbocycles. The standard InChI is InChI=1S/C16H11ClN4O/c17-13-4-2-1-3-12(13)15-9-18-16(22-15)20-11-6-5-10-8-19-21-14(10)7-11/h1-9H,(H,18,20)(H,19,21). The Bertz CT molecular complexity index is 944. The van der Waals surface area contributed by atoms with Gasteiger partial charge in [0.15, 0.2) is 5.76 Å². The highest BCUT2D eigenvalue weighted by atomic mass is 35.5. The third-order valence-electron chi connectivity index (χ3n) is 3.34. The second-order valence-electron chi connectivity index (χ2n) is 4.81. The third kappa shape index (κ3) is 2.31. The van der Waals surface area contributed by atoms with E-state index in [1.54, 1.807) is 12.4 Å². The van der Waals surface area contributed by atoms with Gasteiger partial charge in [0.2, 0.25) is 0 Å². The molecule has 0 spiro atoms. The summed E-state index contributed by atoms with van der Waals surface area (Å²) in [6.45, 7) is 0. The van der Waals surface area contributed by atoms with Crippen molar-refractivity contribution in [2.45, 2.75) is 0 Å². The Morgan fingerprint density at radius 3 is 2.91 bits per heavy atom. The molecule has 0 fully saturated rings. The lowest BCUT2D eigenvalue weighted by atomic mass is 10.2. The fourth-order valence-electron chi connectivity index (χ4n) is 2.26. The van der Waals surface area contributed by atoms with Gasteiger partial charge in [-0.3, -0.25) is 5.10 Å². The van der Waals surface area contributed by atoms with Gasteiger partial charge in [0.1, 0.15) is 0 Å². The molecule has 2 heterocycles. The fraction of sp³-hybridized carbons (Fsp3) is 0. The maximum Gasteiger partial charge on any atom is 0.299 e. The van der Waals surface area contributed by atoms with Crippen LogP contribution >= 0.6 is 11.6 Å². The number of benzene rings is 2. The third-order valence-corrected chi connectivity index (χ3v) is 3.67. The Labute approximate surface area is 130 Å². The number of hydrogen-bond acceptors (Lipinski definition) is 4. The van der Waals surface area contributed by atoms with E-state index in [9.17, 15) is 0 Å². The molecule has 2 N–H and O–H groups in total. The highest BCUT2D eigenvalue weighted by Gasteiger charge is 2.09. The maximum atomic E-state index is 6.16. The van der Waals surface area contributed by atoms with Crippen molar-refractivity contribution in [3.8, 4) is 11.3 Å². The van der Waals surface area contributed by atoms with Crippen LogP contribution in [0.3, 0.4) is 0 Å². The first-order chi connectivity index (χ1) is 10.8. The minimum Gasteiger partial charge on any atom is -0.423 e. The predicted molar refractivity (Wildman–Crippen MR) is 86.3 cm³/mol. The number of nitrogens with zero attached hydrogens (tertiary/aromatic N) is 2. The van der Waals surface area contributed by atoms with Gasteiger partial charge in [-0.05, 0) is 30.3 Å². The Morgan fingerprint density at radius 2 is 2.00 bits per heavy atom. The van der Waals surface area contributed by atoms with Gasteiger partial charge in [0, 0.05) is 16.6 Å². The monoisotopic (exact) mass is 310 g/mol. The van der Waals surface area contributed by atoms with E-state index in [1.165, 1.54) is 0 Å². The van der Waals surface area contributed by atoms with Crippen LogP contribution in [-0.2, 0) is 0 Å². The first kappa shape index (κ1) is 12.9. The molecule has 6 heteroatoms. The van der Waals surface area contributed by atoms with E-state index in [4.69, 9.17) is 16.0 Å². The molecule has 0 unspecified atom stereocenters. The number of rotatable bonds is 3. The van der Waals surface area contributed by atoms with Crippen molar-refractivity contribution in [2.24, 2.45) is 0 Å². The molecule has 0 saturated carbocycles. The van der Waals surface area contributed by atoms with E-state index < -0.39 is 0 Å². The van der Waals surface area contributed by atoms with E-state index in [1.807, 2.05) is 42.5 Å². The number of aromatic nitrogens is 3. The first-order valence-electron chi connectivity index (χ1n) is 6.70. The molecule has 0 aliphatic carbocycles. The van der Waals surface area contributed by atoms with Crippen molar-refractivity contribution >= 4 is 34.2 Å². The summed E-state index contributed by atoms with van der Waals surface area (Å²) < 4.78 is 5.72. The molecule has 0 bridgehead atoms. The summed E-state index contributed by atoms with van der Waals surface area (Å²) >= 11 is 6.16. The molecule has 0 saturated heterocycles. The van der Waals surface area contributed by atoms with Crippen molar-refractivity contribution < 1.29 is 4.42 Å². The van der Waals surface area contributed by atoms with Crippen molar-refractivity contribution in [1.82, 2.24) is 15.2 Å². The van der Waals surface area contributed by atoms with Crippen LogP contribution in [0.1, 0.15) is 0 Å². The molecule has 0 aliphatic heterocycles. The quantitative estimate of drug-likeness (QED) is 0.579. The van der Waals surface area contributed by atoms with Crippen LogP contribution in [0.4, 0.5) is 11.7 Å². The lowest BCUT2D eigenvalue weighted by Gasteiger charge is -2.02. The number of aromatic amines is 1. The largest absolute Gasteiger partial charge is 0.423 e. The molecule has 22 heavy (non-hydrogen) atoms. The highest BCUT2D eigenvalue weighted by Crippen LogP contribution is 2.30. The molecule has 5 nitrogen and oxygen atoms in total. The van der Waals surface area contributed by atoms with Gasteiger partial charge in [-0.1, -0.05) is 23.7 Å². The molecule has 0 amide bonds. The molecule has 4 aromatic rings. The van der Waals surface area contributed by atoms with Gasteiger partial charge in [-0.2, -0.15) is 5.10 Å². The number of H-pyrrole nitrogens is 1. The number of anilines is 2. The average Bonchev–Trinajstić information content (AvgIpc) is 3.16. The van der Waals surface area contributed by atoms with Gasteiger partial charge in [-0.15, -0.1) is 0 Å². The smallest absolute Gasteiger partial charge is 0.299 e. The van der Waals surface area contributed by atoms with Gasteiger partial charge in [-0.25, -0.2) is 4.98 Å². The number of hydrogen-bond donors (Lipinski definition) is 2. The summed E-state index contributed by atoms with van der Waals surface area (Å²) in [6.07, 6.45) is 3.43. The van der Waals surface area contributed by atoms with Crippen molar-refractivity contribution in [2.75, 3.05) is 5.32 Å². The second kappa shape index (κ2) is 5.20. The second-order valence-corrected chi connectivity index (χ2v) is 5.21. The summed E-state index contributed by atoms with van der Waals surface area (Å²) in [5.41, 5.74) is 2.63. The van der Waals surface area contributed by atoms with Crippen LogP contribution in [0.5, 0.6) is 0 Å². The Hall–Kier alpha value is -2.79. The molecule has 0 radical (unpaired) electrons. The number of oxazole rings is 1. The van der Waals surface area contributed by atoms with Crippen LogP contribution in [0, 0.1) is 0 Å². The molecule has 2 aromatic heterocycles. The zero-order valence-corrected chi connectivity index (χ0v) is 12.1. The predicted octanol–water partition coefficient (Wildman–Crippen LogP) is 4.61. The van der Waals surface area contributed by atoms with Crippen LogP contribution in [0.2, 0.25) is 5.02 Å². The molecule has 4 rings (SSSR count). The zero-order chi connectivity index (χ0) is 14.9. The van der Waals surface area contributed by atoms with Crippen molar-refractivity contribution in [1.29, 1.82) is 0 Å². The highest BCUT2D eigenvalue weighted by molar-refractivity contribution is 6.33. The Kier molecular flexibility index (Phi) is 3.05. The van der Waals surface area contributed by atoms with E-state index in [2.05, 4.69) is 20.5 Å². The normalized spacial score (nSPS) is 11.0. The maximum absolute atomic E-state index is 6.16. The minimum atomic E-state index is 0.411. The van der Waals surface area contributed by atoms with E-state index in [0.717, 1.165) is 22.2 Å². The first-order valence-corrected chi connectivity index (χ1v) is 7.08. The van der Waals surface area contributed by atoms with Gasteiger partial charge in [0.25, 0.3) is 6.01 Å². The zero-order valence-electron chi connectivity index (χ0n) is 11.4.